The molecule has 2 heterocycles. The molecule has 0 saturated carbocycles. The van der Waals surface area contributed by atoms with Crippen molar-refractivity contribution >= 4 is 22.9 Å². The van der Waals surface area contributed by atoms with Crippen LogP contribution in [0.2, 0.25) is 0 Å². The molecule has 3 rings (SSSR count). The minimum Gasteiger partial charge on any atom is -0.378 e. The van der Waals surface area contributed by atoms with E-state index in [0.29, 0.717) is 12.1 Å². The number of carbonyl (C=O) groups is 1. The number of rotatable bonds is 5. The van der Waals surface area contributed by atoms with Crippen LogP contribution < -0.4 is 11.1 Å². The second-order valence-corrected chi connectivity index (χ2v) is 5.50. The number of aromatic nitrogens is 2. The Morgan fingerprint density at radius 2 is 2.24 bits per heavy atom. The zero-order chi connectivity index (χ0) is 14.7. The van der Waals surface area contributed by atoms with E-state index >= 15 is 0 Å². The van der Waals surface area contributed by atoms with Gasteiger partial charge in [0.05, 0.1) is 23.3 Å². The van der Waals surface area contributed by atoms with Gasteiger partial charge < -0.3 is 15.6 Å². The van der Waals surface area contributed by atoms with Crippen molar-refractivity contribution in [2.45, 2.75) is 6.54 Å². The molecule has 3 N–H and O–H groups in total. The van der Waals surface area contributed by atoms with Crippen LogP contribution in [0, 0.1) is 0 Å². The first-order valence-corrected chi connectivity index (χ1v) is 7.30. The van der Waals surface area contributed by atoms with Crippen molar-refractivity contribution in [3.63, 3.8) is 0 Å². The van der Waals surface area contributed by atoms with E-state index in [0.717, 1.165) is 16.3 Å². The lowest BCUT2D eigenvalue weighted by Gasteiger charge is -2.11. The lowest BCUT2D eigenvalue weighted by atomic mass is 10.2. The summed E-state index contributed by atoms with van der Waals surface area (Å²) in [6.45, 7) is 0.643. The van der Waals surface area contributed by atoms with Crippen LogP contribution in [0.1, 0.15) is 15.2 Å². The molecule has 0 atom stereocenters. The van der Waals surface area contributed by atoms with Crippen molar-refractivity contribution in [2.24, 2.45) is 5.73 Å². The predicted octanol–water partition coefficient (Wildman–Crippen LogP) is 2.64. The molecule has 1 amide bonds. The number of nitrogens with two attached hydrogens (primary N) is 1. The third-order valence-electron chi connectivity index (χ3n) is 3.08. The summed E-state index contributed by atoms with van der Waals surface area (Å²) in [4.78, 5) is 16.2. The lowest BCUT2D eigenvalue weighted by Crippen LogP contribution is -2.09. The van der Waals surface area contributed by atoms with Gasteiger partial charge in [0.15, 0.2) is 0 Å². The number of nitrogens with zero attached hydrogens (tertiary/aromatic N) is 2. The fourth-order valence-corrected chi connectivity index (χ4v) is 2.85. The molecule has 0 radical (unpaired) electrons. The molecule has 5 nitrogen and oxygen atoms in total. The zero-order valence-electron chi connectivity index (χ0n) is 11.2. The van der Waals surface area contributed by atoms with Crippen molar-refractivity contribution in [3.8, 4) is 5.69 Å². The quantitative estimate of drug-likeness (QED) is 0.760. The Morgan fingerprint density at radius 1 is 1.38 bits per heavy atom. The number of hydrogen-bond acceptors (Lipinski definition) is 4. The van der Waals surface area contributed by atoms with Crippen LogP contribution in [-0.4, -0.2) is 15.5 Å². The SMILES string of the molecule is NC(=O)c1csc(CNc2ccccc2-n2ccnc2)c1. The van der Waals surface area contributed by atoms with Crippen molar-refractivity contribution in [3.05, 3.63) is 64.9 Å². The summed E-state index contributed by atoms with van der Waals surface area (Å²) in [5.74, 6) is -0.392. The number of amides is 1. The predicted molar refractivity (Wildman–Crippen MR) is 83.7 cm³/mol. The number of nitrogens with one attached hydrogen (secondary N) is 1. The average molecular weight is 298 g/mol. The Morgan fingerprint density at radius 3 is 2.95 bits per heavy atom. The minimum atomic E-state index is -0.392. The third kappa shape index (κ3) is 2.95. The molecule has 1 aromatic carbocycles. The van der Waals surface area contributed by atoms with Crippen LogP contribution in [-0.2, 0) is 6.54 Å². The fourth-order valence-electron chi connectivity index (χ4n) is 2.03. The molecule has 106 valence electrons. The molecule has 0 aliphatic heterocycles. The van der Waals surface area contributed by atoms with Crippen LogP contribution >= 0.6 is 11.3 Å². The van der Waals surface area contributed by atoms with E-state index in [9.17, 15) is 4.79 Å². The summed E-state index contributed by atoms with van der Waals surface area (Å²) in [5.41, 5.74) is 7.85. The van der Waals surface area contributed by atoms with Crippen molar-refractivity contribution in [1.82, 2.24) is 9.55 Å². The minimum absolute atomic E-state index is 0.392. The molecule has 0 unspecified atom stereocenters. The fraction of sp³-hybridized carbons (Fsp3) is 0.0667. The Hall–Kier alpha value is -2.60. The highest BCUT2D eigenvalue weighted by atomic mass is 32.1. The molecule has 0 saturated heterocycles. The summed E-state index contributed by atoms with van der Waals surface area (Å²) < 4.78 is 1.95. The van der Waals surface area contributed by atoms with Gasteiger partial charge in [-0.2, -0.15) is 0 Å². The average Bonchev–Trinajstić information content (AvgIpc) is 3.17. The second kappa shape index (κ2) is 5.80. The summed E-state index contributed by atoms with van der Waals surface area (Å²) in [7, 11) is 0. The molecule has 21 heavy (non-hydrogen) atoms. The first-order valence-electron chi connectivity index (χ1n) is 6.42. The monoisotopic (exact) mass is 298 g/mol. The van der Waals surface area contributed by atoms with E-state index in [1.54, 1.807) is 17.9 Å². The number of hydrogen-bond donors (Lipinski definition) is 2. The van der Waals surface area contributed by atoms with Gasteiger partial charge in [-0.25, -0.2) is 4.98 Å². The van der Waals surface area contributed by atoms with Gasteiger partial charge in [0, 0.05) is 29.2 Å². The van der Waals surface area contributed by atoms with Crippen molar-refractivity contribution in [1.29, 1.82) is 0 Å². The van der Waals surface area contributed by atoms with E-state index in [1.165, 1.54) is 11.3 Å². The van der Waals surface area contributed by atoms with E-state index in [-0.39, 0.29) is 0 Å². The normalized spacial score (nSPS) is 10.5. The third-order valence-corrected chi connectivity index (χ3v) is 4.01. The highest BCUT2D eigenvalue weighted by Gasteiger charge is 2.06. The molecule has 0 bridgehead atoms. The summed E-state index contributed by atoms with van der Waals surface area (Å²) in [6, 6.07) is 9.81. The standard InChI is InChI=1S/C15H14N4OS/c16-15(20)11-7-12(21-9-11)8-18-13-3-1-2-4-14(13)19-6-5-17-10-19/h1-7,9-10,18H,8H2,(H2,16,20). The summed E-state index contributed by atoms with van der Waals surface area (Å²) in [6.07, 6.45) is 5.41. The van der Waals surface area contributed by atoms with E-state index in [1.807, 2.05) is 41.1 Å². The lowest BCUT2D eigenvalue weighted by molar-refractivity contribution is 0.100. The van der Waals surface area contributed by atoms with Crippen molar-refractivity contribution in [2.75, 3.05) is 5.32 Å². The Kier molecular flexibility index (Phi) is 3.70. The highest BCUT2D eigenvalue weighted by molar-refractivity contribution is 7.10. The van der Waals surface area contributed by atoms with Gasteiger partial charge in [-0.15, -0.1) is 11.3 Å². The number of carbonyl (C=O) groups excluding carboxylic acids is 1. The van der Waals surface area contributed by atoms with Crippen LogP contribution in [0.15, 0.2) is 54.4 Å². The number of benzene rings is 1. The maximum atomic E-state index is 11.1. The maximum absolute atomic E-state index is 11.1. The van der Waals surface area contributed by atoms with Crippen molar-refractivity contribution < 1.29 is 4.79 Å². The van der Waals surface area contributed by atoms with E-state index in [4.69, 9.17) is 5.73 Å². The number of anilines is 1. The molecule has 2 aromatic heterocycles. The first-order chi connectivity index (χ1) is 10.2. The Balaban J connectivity index is 1.77. The molecular formula is C15H14N4OS. The number of imidazole rings is 1. The van der Waals surface area contributed by atoms with Crippen LogP contribution in [0.3, 0.4) is 0 Å². The first kappa shape index (κ1) is 13.4. The van der Waals surface area contributed by atoms with Crippen LogP contribution in [0.5, 0.6) is 0 Å². The summed E-state index contributed by atoms with van der Waals surface area (Å²) >= 11 is 1.52. The summed E-state index contributed by atoms with van der Waals surface area (Å²) in [5, 5.41) is 5.16. The number of primary amides is 1. The number of thiophene rings is 1. The van der Waals surface area contributed by atoms with Gasteiger partial charge in [0.25, 0.3) is 0 Å². The zero-order valence-corrected chi connectivity index (χ0v) is 12.0. The van der Waals surface area contributed by atoms with Gasteiger partial charge >= 0.3 is 0 Å². The number of para-hydroxylation sites is 2. The Labute approximate surface area is 126 Å². The molecule has 0 aliphatic carbocycles. The van der Waals surface area contributed by atoms with Gasteiger partial charge in [-0.3, -0.25) is 4.79 Å². The van der Waals surface area contributed by atoms with Gasteiger partial charge in [-0.1, -0.05) is 12.1 Å². The molecule has 0 fully saturated rings. The van der Waals surface area contributed by atoms with E-state index in [2.05, 4.69) is 10.3 Å². The van der Waals surface area contributed by atoms with Gasteiger partial charge in [0.1, 0.15) is 0 Å². The molecule has 6 heteroatoms. The second-order valence-electron chi connectivity index (χ2n) is 4.51. The molecular weight excluding hydrogens is 284 g/mol. The Bertz CT molecular complexity index is 749. The molecule has 0 aliphatic rings. The molecule has 0 spiro atoms. The smallest absolute Gasteiger partial charge is 0.249 e. The highest BCUT2D eigenvalue weighted by Crippen LogP contribution is 2.22. The van der Waals surface area contributed by atoms with Crippen LogP contribution in [0.4, 0.5) is 5.69 Å². The maximum Gasteiger partial charge on any atom is 0.249 e. The van der Waals surface area contributed by atoms with Gasteiger partial charge in [-0.05, 0) is 18.2 Å². The molecule has 3 aromatic rings. The van der Waals surface area contributed by atoms with Gasteiger partial charge in [0.2, 0.25) is 5.91 Å². The largest absolute Gasteiger partial charge is 0.378 e. The topological polar surface area (TPSA) is 72.9 Å². The van der Waals surface area contributed by atoms with E-state index < -0.39 is 5.91 Å². The van der Waals surface area contributed by atoms with Crippen LogP contribution in [0.25, 0.3) is 5.69 Å².